The summed E-state index contributed by atoms with van der Waals surface area (Å²) in [5.41, 5.74) is 0.0587. The minimum atomic E-state index is -1.95. The fourth-order valence-corrected chi connectivity index (χ4v) is 2.61. The zero-order valence-electron chi connectivity index (χ0n) is 10.2. The predicted molar refractivity (Wildman–Crippen MR) is 76.5 cm³/mol. The highest BCUT2D eigenvalue weighted by molar-refractivity contribution is 7.38. The number of hydrogen-bond acceptors (Lipinski definition) is 1. The molecule has 0 aromatic rings. The van der Waals surface area contributed by atoms with Gasteiger partial charge < -0.3 is 0 Å². The average Bonchev–Trinajstić information content (AvgIpc) is 2.21. The molecule has 0 saturated heterocycles. The Bertz CT molecular complexity index is 165. The largest absolute Gasteiger partial charge is 0.508 e. The molecule has 0 amide bonds. The summed E-state index contributed by atoms with van der Waals surface area (Å²) in [6.45, 7) is 4.35. The molecule has 1 N–H and O–H groups in total. The van der Waals surface area contributed by atoms with Gasteiger partial charge in [0.15, 0.2) is 23.0 Å². The summed E-state index contributed by atoms with van der Waals surface area (Å²) < 4.78 is 11.1. The molecule has 0 aliphatic heterocycles. The van der Waals surface area contributed by atoms with Crippen LogP contribution in [0.15, 0.2) is 0 Å². The fraction of sp³-hybridized carbons (Fsp3) is 1.00. The molecule has 4 heteroatoms. The number of unbranched alkanes of at least 4 members (excludes halogenated alkanes) is 5. The summed E-state index contributed by atoms with van der Waals surface area (Å²) >= 11 is 0. The van der Waals surface area contributed by atoms with Gasteiger partial charge in [0.2, 0.25) is 0 Å². The Morgan fingerprint density at radius 3 is 1.81 bits per heavy atom. The van der Waals surface area contributed by atoms with Crippen molar-refractivity contribution in [2.45, 2.75) is 77.3 Å². The third-order valence-electron chi connectivity index (χ3n) is 2.84. The van der Waals surface area contributed by atoms with E-state index in [-0.39, 0.29) is 23.0 Å². The molecule has 0 heterocycles. The molecule has 0 aliphatic carbocycles. The molecule has 0 fully saturated rings. The third-order valence-corrected chi connectivity index (χ3v) is 3.99. The summed E-state index contributed by atoms with van der Waals surface area (Å²) in [5, 5.41) is 0. The van der Waals surface area contributed by atoms with Crippen LogP contribution in [0.4, 0.5) is 0 Å². The second kappa shape index (κ2) is 13.7. The van der Waals surface area contributed by atoms with Crippen molar-refractivity contribution in [2.75, 3.05) is 0 Å². The Kier molecular flexibility index (Phi) is 16.2. The lowest BCUT2D eigenvalue weighted by Gasteiger charge is -2.04. The van der Waals surface area contributed by atoms with Gasteiger partial charge in [0.1, 0.15) is 0 Å². The van der Waals surface area contributed by atoms with E-state index in [2.05, 4.69) is 13.8 Å². The van der Waals surface area contributed by atoms with Crippen LogP contribution in [0.5, 0.6) is 0 Å². The Labute approximate surface area is 112 Å². The maximum atomic E-state index is 11.1. The average molecular weight is 263 g/mol. The molecule has 0 aliphatic rings. The van der Waals surface area contributed by atoms with Crippen molar-refractivity contribution in [1.29, 1.82) is 0 Å². The molecule has 0 radical (unpaired) electrons. The Morgan fingerprint density at radius 1 is 0.938 bits per heavy atom. The molecule has 2 atom stereocenters. The highest BCUT2D eigenvalue weighted by atomic mass is 31.1. The van der Waals surface area contributed by atoms with E-state index in [1.165, 1.54) is 32.1 Å². The predicted octanol–water partition coefficient (Wildman–Crippen LogP) is 3.46. The zero-order chi connectivity index (χ0) is 11.5. The minimum Gasteiger partial charge on any atom is -0.161 e. The summed E-state index contributed by atoms with van der Waals surface area (Å²) in [6.07, 6.45) is 10.2. The fourth-order valence-electron chi connectivity index (χ4n) is 1.80. The van der Waals surface area contributed by atoms with Gasteiger partial charge >= 0.3 is 8.03 Å². The molecule has 0 aromatic carbocycles. The maximum absolute atomic E-state index is 11.1. The van der Waals surface area contributed by atoms with Crippen LogP contribution in [0.2, 0.25) is 0 Å². The SMILES string of the molecule is CCCCCCC(CCCCC)[P+](=O)O.[AlH3]. The molecule has 0 rings (SSSR count). The van der Waals surface area contributed by atoms with Gasteiger partial charge in [0.05, 0.1) is 0 Å². The van der Waals surface area contributed by atoms with Crippen molar-refractivity contribution in [2.24, 2.45) is 0 Å². The van der Waals surface area contributed by atoms with Crippen molar-refractivity contribution < 1.29 is 9.46 Å². The van der Waals surface area contributed by atoms with Crippen molar-refractivity contribution in [3.63, 3.8) is 0 Å². The Hall–Kier alpha value is 0.592. The highest BCUT2D eigenvalue weighted by Gasteiger charge is 2.27. The van der Waals surface area contributed by atoms with Gasteiger partial charge in [0.25, 0.3) is 0 Å². The van der Waals surface area contributed by atoms with E-state index in [0.717, 1.165) is 25.7 Å². The number of rotatable bonds is 10. The van der Waals surface area contributed by atoms with Crippen LogP contribution < -0.4 is 0 Å². The zero-order valence-corrected chi connectivity index (χ0v) is 11.1. The van der Waals surface area contributed by atoms with Crippen molar-refractivity contribution in [3.05, 3.63) is 0 Å². The molecule has 0 saturated carbocycles. The highest BCUT2D eigenvalue weighted by Crippen LogP contribution is 2.31. The second-order valence-electron chi connectivity index (χ2n) is 4.30. The van der Waals surface area contributed by atoms with Gasteiger partial charge in [-0.2, -0.15) is 4.89 Å². The van der Waals surface area contributed by atoms with Gasteiger partial charge in [-0.1, -0.05) is 46.0 Å². The molecule has 0 aromatic heterocycles. The minimum absolute atomic E-state index is 0. The van der Waals surface area contributed by atoms with Crippen LogP contribution in [0, 0.1) is 0 Å². The second-order valence-corrected chi connectivity index (χ2v) is 5.64. The topological polar surface area (TPSA) is 37.3 Å². The first kappa shape index (κ1) is 18.9. The number of hydrogen-bond donors (Lipinski definition) is 1. The summed E-state index contributed by atoms with van der Waals surface area (Å²) in [4.78, 5) is 9.18. The van der Waals surface area contributed by atoms with E-state index in [1.807, 2.05) is 0 Å². The molecule has 0 bridgehead atoms. The van der Waals surface area contributed by atoms with Crippen LogP contribution in [-0.2, 0) is 4.57 Å². The first-order valence-corrected chi connectivity index (χ1v) is 7.65. The lowest BCUT2D eigenvalue weighted by molar-refractivity contribution is 0.465. The lowest BCUT2D eigenvalue weighted by atomic mass is 10.1. The van der Waals surface area contributed by atoms with E-state index < -0.39 is 8.03 Å². The molecule has 2 unspecified atom stereocenters. The van der Waals surface area contributed by atoms with Gasteiger partial charge in [-0.25, -0.2) is 0 Å². The van der Waals surface area contributed by atoms with Gasteiger partial charge in [-0.05, 0) is 30.2 Å². The first-order chi connectivity index (χ1) is 7.22. The normalized spacial score (nSPS) is 13.1. The van der Waals surface area contributed by atoms with Crippen LogP contribution in [0.1, 0.15) is 71.6 Å². The molecular weight excluding hydrogens is 234 g/mol. The van der Waals surface area contributed by atoms with E-state index in [4.69, 9.17) is 0 Å². The maximum Gasteiger partial charge on any atom is 0.508 e. The molecule has 96 valence electrons. The molecule has 0 spiro atoms. The summed E-state index contributed by atoms with van der Waals surface area (Å²) in [6, 6.07) is 0. The van der Waals surface area contributed by atoms with Crippen LogP contribution in [-0.4, -0.2) is 27.9 Å². The van der Waals surface area contributed by atoms with E-state index >= 15 is 0 Å². The summed E-state index contributed by atoms with van der Waals surface area (Å²) in [7, 11) is -1.95. The monoisotopic (exact) mass is 263 g/mol. The first-order valence-electron chi connectivity index (χ1n) is 6.37. The molecule has 16 heavy (non-hydrogen) atoms. The smallest absolute Gasteiger partial charge is 0.161 e. The standard InChI is InChI=1S/C12H25O2P.Al.3H/c1-3-5-7-9-11-12(15(13)14)10-8-6-4-2;;;;/h12H,3-11H2,1-2H3;;;;/p+1. The summed E-state index contributed by atoms with van der Waals surface area (Å²) in [5.74, 6) is 0. The van der Waals surface area contributed by atoms with E-state index in [1.54, 1.807) is 0 Å². The quantitative estimate of drug-likeness (QED) is 0.372. The van der Waals surface area contributed by atoms with E-state index in [9.17, 15) is 9.46 Å². The van der Waals surface area contributed by atoms with Gasteiger partial charge in [-0.15, -0.1) is 0 Å². The van der Waals surface area contributed by atoms with Crippen LogP contribution in [0.25, 0.3) is 0 Å². The van der Waals surface area contributed by atoms with Crippen molar-refractivity contribution in [1.82, 2.24) is 0 Å². The van der Waals surface area contributed by atoms with Crippen molar-refractivity contribution in [3.8, 4) is 0 Å². The van der Waals surface area contributed by atoms with Crippen molar-refractivity contribution >= 4 is 25.4 Å². The van der Waals surface area contributed by atoms with Crippen LogP contribution >= 0.6 is 8.03 Å². The van der Waals surface area contributed by atoms with Gasteiger partial charge in [0, 0.05) is 0 Å². The van der Waals surface area contributed by atoms with Gasteiger partial charge in [-0.3, -0.25) is 0 Å². The van der Waals surface area contributed by atoms with Crippen LogP contribution in [0.3, 0.4) is 0 Å². The Balaban J connectivity index is 0. The van der Waals surface area contributed by atoms with E-state index in [0.29, 0.717) is 0 Å². The molecular formula is C12H29AlO2P+. The lowest BCUT2D eigenvalue weighted by Crippen LogP contribution is -2.02. The molecule has 2 nitrogen and oxygen atoms in total. The Morgan fingerprint density at radius 2 is 1.38 bits per heavy atom. The third kappa shape index (κ3) is 11.1.